The zero-order chi connectivity index (χ0) is 22.8. The number of rotatable bonds is 8. The van der Waals surface area contributed by atoms with Crippen LogP contribution < -0.4 is 5.56 Å². The molecule has 0 spiro atoms. The Kier molecular flexibility index (Phi) is 6.86. The van der Waals surface area contributed by atoms with Gasteiger partial charge in [-0.1, -0.05) is 37.7 Å². The number of hydrogen-bond donors (Lipinski definition) is 0. The Morgan fingerprint density at radius 2 is 2.03 bits per heavy atom. The predicted molar refractivity (Wildman–Crippen MR) is 129 cm³/mol. The van der Waals surface area contributed by atoms with Gasteiger partial charge in [-0.3, -0.25) is 14.2 Å². The van der Waals surface area contributed by atoms with Crippen molar-refractivity contribution >= 4 is 28.4 Å². The van der Waals surface area contributed by atoms with Crippen LogP contribution in [0.3, 0.4) is 0 Å². The average molecular weight is 454 g/mol. The van der Waals surface area contributed by atoms with E-state index in [9.17, 15) is 9.59 Å². The molecule has 7 heteroatoms. The molecule has 0 radical (unpaired) electrons. The molecule has 170 valence electrons. The second-order valence-electron chi connectivity index (χ2n) is 8.96. The Balaban J connectivity index is 1.57. The number of carbonyl (C=O) groups excluding carboxylic acids is 1. The molecule has 0 aliphatic carbocycles. The lowest BCUT2D eigenvalue weighted by atomic mass is 10.2. The highest BCUT2D eigenvalue weighted by atomic mass is 32.2. The molecule has 4 rings (SSSR count). The molecular formula is C25H31N3O3S. The molecule has 0 N–H and O–H groups in total. The maximum atomic E-state index is 13.1. The van der Waals surface area contributed by atoms with Crippen LogP contribution in [0.2, 0.25) is 0 Å². The lowest BCUT2D eigenvalue weighted by Crippen LogP contribution is -2.25. The molecular weight excluding hydrogens is 422 g/mol. The van der Waals surface area contributed by atoms with Gasteiger partial charge in [0.05, 0.1) is 22.8 Å². The number of ether oxygens (including phenoxy) is 1. The molecule has 1 atom stereocenters. The second kappa shape index (κ2) is 9.63. The van der Waals surface area contributed by atoms with Gasteiger partial charge in [0.1, 0.15) is 0 Å². The lowest BCUT2D eigenvalue weighted by Gasteiger charge is -2.15. The third-order valence-corrected chi connectivity index (χ3v) is 6.97. The highest BCUT2D eigenvalue weighted by Crippen LogP contribution is 2.24. The standard InChI is InChI=1S/C25H31N3O3S/c1-16(2)13-28-24(30)20-9-5-6-10-22(20)26-25(28)32-15-23(29)21-12-17(3)27(18(21)4)14-19-8-7-11-31-19/h5-6,9-10,12,16,19H,7-8,11,13-15H2,1-4H3. The first-order chi connectivity index (χ1) is 15.3. The van der Waals surface area contributed by atoms with Gasteiger partial charge >= 0.3 is 0 Å². The summed E-state index contributed by atoms with van der Waals surface area (Å²) in [6.45, 7) is 10.4. The van der Waals surface area contributed by atoms with Crippen LogP contribution in [0.1, 0.15) is 48.4 Å². The number of benzene rings is 1. The first-order valence-electron chi connectivity index (χ1n) is 11.3. The molecule has 32 heavy (non-hydrogen) atoms. The molecule has 3 aromatic rings. The molecule has 6 nitrogen and oxygen atoms in total. The summed E-state index contributed by atoms with van der Waals surface area (Å²) >= 11 is 1.35. The molecule has 1 aliphatic heterocycles. The van der Waals surface area contributed by atoms with Gasteiger partial charge in [0.15, 0.2) is 10.9 Å². The van der Waals surface area contributed by atoms with Crippen LogP contribution in [-0.2, 0) is 17.8 Å². The Bertz CT molecular complexity index is 1190. The van der Waals surface area contributed by atoms with Gasteiger partial charge in [-0.15, -0.1) is 0 Å². The van der Waals surface area contributed by atoms with E-state index in [1.807, 2.05) is 44.2 Å². The van der Waals surface area contributed by atoms with E-state index in [0.29, 0.717) is 28.5 Å². The van der Waals surface area contributed by atoms with Crippen molar-refractivity contribution in [2.75, 3.05) is 12.4 Å². The highest BCUT2D eigenvalue weighted by Gasteiger charge is 2.22. The Morgan fingerprint density at radius 3 is 2.75 bits per heavy atom. The first kappa shape index (κ1) is 22.8. The van der Waals surface area contributed by atoms with Crippen LogP contribution in [-0.4, -0.2) is 38.4 Å². The van der Waals surface area contributed by atoms with Crippen molar-refractivity contribution in [3.8, 4) is 0 Å². The van der Waals surface area contributed by atoms with Gasteiger partial charge in [0, 0.05) is 36.6 Å². The monoisotopic (exact) mass is 453 g/mol. The molecule has 0 saturated carbocycles. The molecule has 0 bridgehead atoms. The van der Waals surface area contributed by atoms with Gasteiger partial charge in [0.2, 0.25) is 0 Å². The van der Waals surface area contributed by atoms with E-state index in [1.165, 1.54) is 11.8 Å². The number of fused-ring (bicyclic) bond motifs is 1. The molecule has 2 aromatic heterocycles. The van der Waals surface area contributed by atoms with Gasteiger partial charge in [-0.25, -0.2) is 4.98 Å². The fraction of sp³-hybridized carbons (Fsp3) is 0.480. The van der Waals surface area contributed by atoms with Gasteiger partial charge in [-0.2, -0.15) is 0 Å². The van der Waals surface area contributed by atoms with Crippen molar-refractivity contribution in [2.45, 2.75) is 64.9 Å². The number of carbonyl (C=O) groups is 1. The maximum absolute atomic E-state index is 13.1. The van der Waals surface area contributed by atoms with Crippen molar-refractivity contribution in [3.05, 3.63) is 57.6 Å². The van der Waals surface area contributed by atoms with Crippen LogP contribution in [0.5, 0.6) is 0 Å². The summed E-state index contributed by atoms with van der Waals surface area (Å²) in [5, 5.41) is 1.21. The molecule has 1 aromatic carbocycles. The summed E-state index contributed by atoms with van der Waals surface area (Å²) in [5.41, 5.74) is 3.42. The van der Waals surface area contributed by atoms with E-state index in [4.69, 9.17) is 9.72 Å². The number of para-hydroxylation sites is 1. The smallest absolute Gasteiger partial charge is 0.262 e. The number of aromatic nitrogens is 3. The SMILES string of the molecule is Cc1cc(C(=O)CSc2nc3ccccc3c(=O)n2CC(C)C)c(C)n1CC1CCCO1. The topological polar surface area (TPSA) is 66.1 Å². The van der Waals surface area contributed by atoms with Crippen LogP contribution in [0.4, 0.5) is 0 Å². The quantitative estimate of drug-likeness (QED) is 0.283. The van der Waals surface area contributed by atoms with Gasteiger partial charge in [0.25, 0.3) is 5.56 Å². The fourth-order valence-electron chi connectivity index (χ4n) is 4.35. The Hall–Kier alpha value is -2.38. The fourth-order valence-corrected chi connectivity index (χ4v) is 5.24. The van der Waals surface area contributed by atoms with Crippen molar-refractivity contribution in [1.29, 1.82) is 0 Å². The molecule has 1 saturated heterocycles. The van der Waals surface area contributed by atoms with E-state index in [-0.39, 0.29) is 23.2 Å². The number of nitrogens with zero attached hydrogens (tertiary/aromatic N) is 3. The normalized spacial score (nSPS) is 16.3. The zero-order valence-electron chi connectivity index (χ0n) is 19.3. The molecule has 3 heterocycles. The summed E-state index contributed by atoms with van der Waals surface area (Å²) in [4.78, 5) is 30.9. The summed E-state index contributed by atoms with van der Waals surface area (Å²) in [7, 11) is 0. The Labute approximate surface area is 193 Å². The Morgan fingerprint density at radius 1 is 1.25 bits per heavy atom. The molecule has 1 fully saturated rings. The second-order valence-corrected chi connectivity index (χ2v) is 9.91. The van der Waals surface area contributed by atoms with Crippen molar-refractivity contribution in [2.24, 2.45) is 5.92 Å². The van der Waals surface area contributed by atoms with Crippen molar-refractivity contribution in [3.63, 3.8) is 0 Å². The minimum atomic E-state index is -0.0472. The number of ketones is 1. The minimum Gasteiger partial charge on any atom is -0.376 e. The highest BCUT2D eigenvalue weighted by molar-refractivity contribution is 7.99. The predicted octanol–water partition coefficient (Wildman–Crippen LogP) is 4.62. The zero-order valence-corrected chi connectivity index (χ0v) is 20.1. The van der Waals surface area contributed by atoms with Crippen LogP contribution in [0.15, 0.2) is 40.3 Å². The summed E-state index contributed by atoms with van der Waals surface area (Å²) in [6.07, 6.45) is 2.39. The van der Waals surface area contributed by atoms with E-state index < -0.39 is 0 Å². The van der Waals surface area contributed by atoms with Crippen LogP contribution in [0, 0.1) is 19.8 Å². The van der Waals surface area contributed by atoms with E-state index in [2.05, 4.69) is 18.4 Å². The van der Waals surface area contributed by atoms with Crippen molar-refractivity contribution < 1.29 is 9.53 Å². The van der Waals surface area contributed by atoms with Crippen LogP contribution >= 0.6 is 11.8 Å². The number of aryl methyl sites for hydroxylation is 1. The first-order valence-corrected chi connectivity index (χ1v) is 12.3. The number of thioether (sulfide) groups is 1. The molecule has 1 aliphatic rings. The van der Waals surface area contributed by atoms with Gasteiger partial charge < -0.3 is 9.30 Å². The average Bonchev–Trinajstić information content (AvgIpc) is 3.38. The molecule has 1 unspecified atom stereocenters. The van der Waals surface area contributed by atoms with E-state index in [1.54, 1.807) is 4.57 Å². The largest absolute Gasteiger partial charge is 0.376 e. The number of Topliss-reactive ketones (excluding diaryl/α,β-unsaturated/α-hetero) is 1. The summed E-state index contributed by atoms with van der Waals surface area (Å²) < 4.78 is 9.69. The maximum Gasteiger partial charge on any atom is 0.262 e. The third-order valence-electron chi connectivity index (χ3n) is 5.99. The molecule has 0 amide bonds. The summed E-state index contributed by atoms with van der Waals surface area (Å²) in [5.74, 6) is 0.593. The van der Waals surface area contributed by atoms with Crippen molar-refractivity contribution in [1.82, 2.24) is 14.1 Å². The minimum absolute atomic E-state index is 0.0472. The van der Waals surface area contributed by atoms with E-state index in [0.717, 1.165) is 42.9 Å². The van der Waals surface area contributed by atoms with E-state index >= 15 is 0 Å². The third kappa shape index (κ3) is 4.69. The summed E-state index contributed by atoms with van der Waals surface area (Å²) in [6, 6.07) is 9.37. The van der Waals surface area contributed by atoms with Crippen LogP contribution in [0.25, 0.3) is 10.9 Å². The van der Waals surface area contributed by atoms with Gasteiger partial charge in [-0.05, 0) is 50.8 Å². The number of hydrogen-bond acceptors (Lipinski definition) is 5. The lowest BCUT2D eigenvalue weighted by molar-refractivity contribution is 0.0957.